The molecule has 1 heterocycles. The van der Waals surface area contributed by atoms with E-state index in [-0.39, 0.29) is 6.03 Å². The molecule has 6 heteroatoms. The van der Waals surface area contributed by atoms with E-state index in [1.165, 1.54) is 0 Å². The van der Waals surface area contributed by atoms with Crippen molar-refractivity contribution in [1.29, 1.82) is 0 Å². The first kappa shape index (κ1) is 16.8. The van der Waals surface area contributed by atoms with Crippen molar-refractivity contribution in [2.75, 3.05) is 32.7 Å². The van der Waals surface area contributed by atoms with Gasteiger partial charge in [0.1, 0.15) is 12.4 Å². The number of benzene rings is 1. The maximum absolute atomic E-state index is 12.2. The van der Waals surface area contributed by atoms with Gasteiger partial charge >= 0.3 is 6.03 Å². The second-order valence-electron chi connectivity index (χ2n) is 5.01. The Morgan fingerprint density at radius 1 is 1.22 bits per heavy atom. The quantitative estimate of drug-likeness (QED) is 0.798. The highest BCUT2D eigenvalue weighted by Gasteiger charge is 2.09. The van der Waals surface area contributed by atoms with Gasteiger partial charge in [-0.15, -0.1) is 0 Å². The predicted octanol–water partition coefficient (Wildman–Crippen LogP) is 2.77. The molecule has 0 spiro atoms. The molecule has 0 fully saturated rings. The Morgan fingerprint density at radius 3 is 2.74 bits per heavy atom. The largest absolute Gasteiger partial charge is 0.491 e. The van der Waals surface area contributed by atoms with Crippen LogP contribution in [0.15, 0.2) is 48.8 Å². The molecule has 122 valence electrons. The van der Waals surface area contributed by atoms with Gasteiger partial charge in [0.05, 0.1) is 6.61 Å². The number of hydrogen-bond donors (Lipinski definition) is 1. The summed E-state index contributed by atoms with van der Waals surface area (Å²) in [6.45, 7) is 1.50. The maximum Gasteiger partial charge on any atom is 0.321 e. The van der Waals surface area contributed by atoms with Gasteiger partial charge in [-0.2, -0.15) is 0 Å². The lowest BCUT2D eigenvalue weighted by molar-refractivity contribution is 0.146. The number of hydrogen-bond acceptors (Lipinski definition) is 4. The first-order valence-corrected chi connectivity index (χ1v) is 7.32. The number of aromatic nitrogens is 1. The first-order chi connectivity index (χ1) is 11.2. The Hall–Kier alpha value is -2.60. The van der Waals surface area contributed by atoms with Crippen LogP contribution in [0.1, 0.15) is 5.56 Å². The first-order valence-electron chi connectivity index (χ1n) is 7.32. The van der Waals surface area contributed by atoms with E-state index >= 15 is 0 Å². The standard InChI is InChI=1S/C17H21N3O3/c1-20(13-14-6-8-18-9-7-14)17(21)19-15-4-3-5-16(12-15)23-11-10-22-2/h3-9,12H,10-11,13H2,1-2H3,(H,19,21). The van der Waals surface area contributed by atoms with Crippen LogP contribution in [0.5, 0.6) is 5.75 Å². The topological polar surface area (TPSA) is 63.7 Å². The zero-order valence-corrected chi connectivity index (χ0v) is 13.4. The Morgan fingerprint density at radius 2 is 2.00 bits per heavy atom. The van der Waals surface area contributed by atoms with Crippen LogP contribution in [0.25, 0.3) is 0 Å². The van der Waals surface area contributed by atoms with Crippen molar-refractivity contribution >= 4 is 11.7 Å². The fraction of sp³-hybridized carbons (Fsp3) is 0.294. The van der Waals surface area contributed by atoms with Crippen molar-refractivity contribution in [1.82, 2.24) is 9.88 Å². The number of ether oxygens (including phenoxy) is 2. The number of pyridine rings is 1. The molecular formula is C17H21N3O3. The molecule has 6 nitrogen and oxygen atoms in total. The molecule has 23 heavy (non-hydrogen) atoms. The van der Waals surface area contributed by atoms with Crippen LogP contribution in [0, 0.1) is 0 Å². The average Bonchev–Trinajstić information content (AvgIpc) is 2.56. The normalized spacial score (nSPS) is 10.2. The summed E-state index contributed by atoms with van der Waals surface area (Å²) in [6.07, 6.45) is 3.42. The SMILES string of the molecule is COCCOc1cccc(NC(=O)N(C)Cc2ccncc2)c1. The number of carbonyl (C=O) groups excluding carboxylic acids is 1. The van der Waals surface area contributed by atoms with Crippen molar-refractivity contribution in [2.45, 2.75) is 6.54 Å². The number of rotatable bonds is 7. The highest BCUT2D eigenvalue weighted by Crippen LogP contribution is 2.17. The third kappa shape index (κ3) is 5.60. The van der Waals surface area contributed by atoms with Gasteiger partial charge in [-0.3, -0.25) is 4.98 Å². The molecule has 2 rings (SSSR count). The zero-order chi connectivity index (χ0) is 16.5. The average molecular weight is 315 g/mol. The van der Waals surface area contributed by atoms with Gasteiger partial charge in [0, 0.05) is 44.8 Å². The van der Waals surface area contributed by atoms with Crippen LogP contribution in [-0.2, 0) is 11.3 Å². The van der Waals surface area contributed by atoms with Crippen LogP contribution in [0.4, 0.5) is 10.5 Å². The number of anilines is 1. The van der Waals surface area contributed by atoms with Crippen LogP contribution in [0.2, 0.25) is 0 Å². The summed E-state index contributed by atoms with van der Waals surface area (Å²) in [6, 6.07) is 10.9. The predicted molar refractivity (Wildman–Crippen MR) is 88.5 cm³/mol. The fourth-order valence-corrected chi connectivity index (χ4v) is 1.96. The molecule has 0 radical (unpaired) electrons. The third-order valence-corrected chi connectivity index (χ3v) is 3.16. The molecule has 0 atom stereocenters. The summed E-state index contributed by atoms with van der Waals surface area (Å²) in [4.78, 5) is 17.8. The van der Waals surface area contributed by atoms with Gasteiger partial charge in [0.25, 0.3) is 0 Å². The smallest absolute Gasteiger partial charge is 0.321 e. The van der Waals surface area contributed by atoms with E-state index in [9.17, 15) is 4.79 Å². The lowest BCUT2D eigenvalue weighted by atomic mass is 10.2. The highest BCUT2D eigenvalue weighted by atomic mass is 16.5. The molecule has 0 aliphatic heterocycles. The Balaban J connectivity index is 1.90. The Labute approximate surface area is 136 Å². The molecule has 2 amide bonds. The molecule has 0 saturated carbocycles. The number of nitrogens with zero attached hydrogens (tertiary/aromatic N) is 2. The van der Waals surface area contributed by atoms with E-state index < -0.39 is 0 Å². The molecule has 2 aromatic rings. The van der Waals surface area contributed by atoms with Crippen molar-refractivity contribution in [3.05, 3.63) is 54.4 Å². The van der Waals surface area contributed by atoms with E-state index in [4.69, 9.17) is 9.47 Å². The minimum Gasteiger partial charge on any atom is -0.491 e. The van der Waals surface area contributed by atoms with Gasteiger partial charge in [0.15, 0.2) is 0 Å². The molecular weight excluding hydrogens is 294 g/mol. The number of amides is 2. The monoisotopic (exact) mass is 315 g/mol. The number of nitrogens with one attached hydrogen (secondary N) is 1. The molecule has 1 N–H and O–H groups in total. The molecule has 0 aliphatic carbocycles. The van der Waals surface area contributed by atoms with E-state index in [1.54, 1.807) is 37.5 Å². The molecule has 0 unspecified atom stereocenters. The van der Waals surface area contributed by atoms with Crippen LogP contribution < -0.4 is 10.1 Å². The van der Waals surface area contributed by atoms with Crippen LogP contribution in [0.3, 0.4) is 0 Å². The fourth-order valence-electron chi connectivity index (χ4n) is 1.96. The summed E-state index contributed by atoms with van der Waals surface area (Å²) < 4.78 is 10.5. The Kier molecular flexibility index (Phi) is 6.38. The van der Waals surface area contributed by atoms with Gasteiger partial charge in [0.2, 0.25) is 0 Å². The van der Waals surface area contributed by atoms with Gasteiger partial charge < -0.3 is 19.7 Å². The summed E-state index contributed by atoms with van der Waals surface area (Å²) in [7, 11) is 3.37. The lowest BCUT2D eigenvalue weighted by Gasteiger charge is -2.18. The summed E-state index contributed by atoms with van der Waals surface area (Å²) in [5.74, 6) is 0.691. The maximum atomic E-state index is 12.2. The molecule has 0 aliphatic rings. The van der Waals surface area contributed by atoms with E-state index in [0.29, 0.717) is 31.2 Å². The van der Waals surface area contributed by atoms with E-state index in [0.717, 1.165) is 5.56 Å². The third-order valence-electron chi connectivity index (χ3n) is 3.16. The summed E-state index contributed by atoms with van der Waals surface area (Å²) in [5.41, 5.74) is 1.71. The van der Waals surface area contributed by atoms with Gasteiger partial charge in [-0.25, -0.2) is 4.79 Å². The second-order valence-corrected chi connectivity index (χ2v) is 5.01. The van der Waals surface area contributed by atoms with Crippen molar-refractivity contribution < 1.29 is 14.3 Å². The second kappa shape index (κ2) is 8.75. The van der Waals surface area contributed by atoms with Crippen molar-refractivity contribution in [3.63, 3.8) is 0 Å². The van der Waals surface area contributed by atoms with Crippen molar-refractivity contribution in [2.24, 2.45) is 0 Å². The highest BCUT2D eigenvalue weighted by molar-refractivity contribution is 5.89. The molecule has 0 bridgehead atoms. The molecule has 1 aromatic heterocycles. The van der Waals surface area contributed by atoms with E-state index in [2.05, 4.69) is 10.3 Å². The molecule has 1 aromatic carbocycles. The van der Waals surface area contributed by atoms with Crippen molar-refractivity contribution in [3.8, 4) is 5.75 Å². The number of carbonyl (C=O) groups is 1. The zero-order valence-electron chi connectivity index (χ0n) is 13.4. The van der Waals surface area contributed by atoms with Gasteiger partial charge in [-0.1, -0.05) is 6.07 Å². The van der Waals surface area contributed by atoms with Crippen LogP contribution >= 0.6 is 0 Å². The van der Waals surface area contributed by atoms with Gasteiger partial charge in [-0.05, 0) is 29.8 Å². The summed E-state index contributed by atoms with van der Waals surface area (Å²) in [5, 5.41) is 2.85. The number of methoxy groups -OCH3 is 1. The Bertz CT molecular complexity index is 619. The minimum atomic E-state index is -0.184. The molecule has 0 saturated heterocycles. The van der Waals surface area contributed by atoms with Crippen LogP contribution in [-0.4, -0.2) is 43.3 Å². The summed E-state index contributed by atoms with van der Waals surface area (Å²) >= 11 is 0. The number of urea groups is 1. The van der Waals surface area contributed by atoms with E-state index in [1.807, 2.05) is 30.3 Å². The minimum absolute atomic E-state index is 0.184. The lowest BCUT2D eigenvalue weighted by Crippen LogP contribution is -2.30.